The molecule has 124 valence electrons. The lowest BCUT2D eigenvalue weighted by Crippen LogP contribution is -2.17. The highest BCUT2D eigenvalue weighted by molar-refractivity contribution is 7.86. The summed E-state index contributed by atoms with van der Waals surface area (Å²) in [5.41, 5.74) is 0.357. The molecule has 0 aliphatic carbocycles. The van der Waals surface area contributed by atoms with Gasteiger partial charge in [-0.2, -0.15) is 21.6 Å². The molecular weight excluding hydrogens is 343 g/mol. The monoisotopic (exact) mass is 353 g/mol. The van der Waals surface area contributed by atoms with Crippen LogP contribution in [0.1, 0.15) is 16.7 Å². The Bertz CT molecular complexity index is 930. The molecule has 0 N–H and O–H groups in total. The molecule has 0 bridgehead atoms. The van der Waals surface area contributed by atoms with E-state index in [-0.39, 0.29) is 11.5 Å². The van der Waals surface area contributed by atoms with E-state index in [2.05, 4.69) is 4.40 Å². The van der Waals surface area contributed by atoms with Crippen LogP contribution in [-0.2, 0) is 16.5 Å². The predicted molar refractivity (Wildman–Crippen MR) is 83.0 cm³/mol. The molecule has 0 radical (unpaired) electrons. The molecule has 2 aromatic carbocycles. The topological polar surface area (TPSA) is 55.7 Å². The maximum absolute atomic E-state index is 12.5. The minimum absolute atomic E-state index is 0.150. The number of alkyl halides is 3. The zero-order chi connectivity index (χ0) is 17.4. The average molecular weight is 353 g/mol. The van der Waals surface area contributed by atoms with Crippen LogP contribution >= 0.6 is 0 Å². The van der Waals surface area contributed by atoms with Crippen molar-refractivity contribution in [1.29, 1.82) is 0 Å². The average Bonchev–Trinajstić information content (AvgIpc) is 2.51. The number of hydrogen-bond acceptors (Lipinski definition) is 3. The zero-order valence-corrected chi connectivity index (χ0v) is 12.8. The van der Waals surface area contributed by atoms with Crippen LogP contribution in [0.5, 0.6) is 5.75 Å². The second-order valence-electron chi connectivity index (χ2n) is 4.94. The van der Waals surface area contributed by atoms with Gasteiger partial charge >= 0.3 is 16.5 Å². The van der Waals surface area contributed by atoms with Crippen LogP contribution in [0.15, 0.2) is 59.0 Å². The van der Waals surface area contributed by atoms with E-state index < -0.39 is 22.0 Å². The van der Waals surface area contributed by atoms with Gasteiger partial charge in [0.25, 0.3) is 0 Å². The second kappa shape index (κ2) is 5.79. The molecule has 1 aliphatic heterocycles. The molecule has 0 unspecified atom stereocenters. The Balaban J connectivity index is 1.92. The summed E-state index contributed by atoms with van der Waals surface area (Å²) in [4.78, 5) is 0. The third-order valence-corrected chi connectivity index (χ3v) is 4.05. The van der Waals surface area contributed by atoms with Crippen molar-refractivity contribution in [3.05, 3.63) is 71.3 Å². The fourth-order valence-electron chi connectivity index (χ4n) is 2.13. The lowest BCUT2D eigenvalue weighted by atomic mass is 10.1. The molecule has 4 nitrogen and oxygen atoms in total. The Morgan fingerprint density at radius 2 is 1.62 bits per heavy atom. The van der Waals surface area contributed by atoms with Crippen molar-refractivity contribution in [2.75, 3.05) is 0 Å². The van der Waals surface area contributed by atoms with Gasteiger partial charge in [0.2, 0.25) is 0 Å². The highest BCUT2D eigenvalue weighted by Gasteiger charge is 2.29. The van der Waals surface area contributed by atoms with Crippen molar-refractivity contribution in [1.82, 2.24) is 0 Å². The molecule has 24 heavy (non-hydrogen) atoms. The maximum Gasteiger partial charge on any atom is 0.429 e. The first-order valence-electron chi connectivity index (χ1n) is 6.74. The van der Waals surface area contributed by atoms with Crippen LogP contribution < -0.4 is 4.18 Å². The molecule has 0 atom stereocenters. The van der Waals surface area contributed by atoms with Crippen molar-refractivity contribution in [3.63, 3.8) is 0 Å². The fourth-order valence-corrected chi connectivity index (χ4v) is 2.94. The molecule has 3 rings (SSSR count). The van der Waals surface area contributed by atoms with E-state index in [1.165, 1.54) is 30.4 Å². The third kappa shape index (κ3) is 3.48. The van der Waals surface area contributed by atoms with E-state index in [4.69, 9.17) is 4.18 Å². The molecule has 0 spiro atoms. The van der Waals surface area contributed by atoms with Crippen molar-refractivity contribution in [2.24, 2.45) is 4.40 Å². The molecule has 0 saturated heterocycles. The lowest BCUT2D eigenvalue weighted by Gasteiger charge is -2.14. The smallest absolute Gasteiger partial charge is 0.365 e. The number of nitrogens with zero attached hydrogens (tertiary/aromatic N) is 1. The number of rotatable bonds is 2. The number of fused-ring (bicyclic) bond motifs is 1. The van der Waals surface area contributed by atoms with Crippen LogP contribution in [0.2, 0.25) is 0 Å². The second-order valence-corrected chi connectivity index (χ2v) is 6.14. The molecule has 1 heterocycles. The van der Waals surface area contributed by atoms with Crippen molar-refractivity contribution in [3.8, 4) is 5.75 Å². The molecular formula is C16H10F3NO3S. The lowest BCUT2D eigenvalue weighted by molar-refractivity contribution is -0.137. The molecule has 2 aromatic rings. The van der Waals surface area contributed by atoms with Crippen LogP contribution in [0.25, 0.3) is 6.08 Å². The summed E-state index contributed by atoms with van der Waals surface area (Å²) >= 11 is 0. The van der Waals surface area contributed by atoms with Gasteiger partial charge < -0.3 is 4.18 Å². The van der Waals surface area contributed by atoms with E-state index in [1.807, 2.05) is 0 Å². The largest absolute Gasteiger partial charge is 0.429 e. The van der Waals surface area contributed by atoms with Crippen molar-refractivity contribution < 1.29 is 25.8 Å². The van der Waals surface area contributed by atoms with E-state index in [0.29, 0.717) is 11.1 Å². The van der Waals surface area contributed by atoms with Gasteiger partial charge in [-0.05, 0) is 35.9 Å². The molecule has 0 aromatic heterocycles. The number of benzene rings is 2. The van der Waals surface area contributed by atoms with Crippen LogP contribution in [0.4, 0.5) is 13.2 Å². The van der Waals surface area contributed by atoms with Gasteiger partial charge in [0.15, 0.2) is 5.75 Å². The Hall–Kier alpha value is -2.61. The zero-order valence-electron chi connectivity index (χ0n) is 12.0. The van der Waals surface area contributed by atoms with Crippen molar-refractivity contribution in [2.45, 2.75) is 6.18 Å². The summed E-state index contributed by atoms with van der Waals surface area (Å²) in [6, 6.07) is 10.9. The highest BCUT2D eigenvalue weighted by atomic mass is 32.2. The first-order chi connectivity index (χ1) is 11.2. The maximum atomic E-state index is 12.5. The van der Waals surface area contributed by atoms with E-state index in [0.717, 1.165) is 12.1 Å². The SMILES string of the molecule is O=S1(=O)N=C(/C=C/c2ccc(C(F)(F)F)cc2)c2ccccc2O1. The molecule has 1 aliphatic rings. The highest BCUT2D eigenvalue weighted by Crippen LogP contribution is 2.30. The predicted octanol–water partition coefficient (Wildman–Crippen LogP) is 3.85. The summed E-state index contributed by atoms with van der Waals surface area (Å²) in [5, 5.41) is 0. The standard InChI is InChI=1S/C16H10F3NO3S/c17-16(18,19)12-8-5-11(6-9-12)7-10-14-13-3-1-2-4-15(13)23-24(21,22)20-14/h1-10H/b10-7+. The Kier molecular flexibility index (Phi) is 3.92. The van der Waals surface area contributed by atoms with Gasteiger partial charge in [-0.3, -0.25) is 0 Å². The van der Waals surface area contributed by atoms with Gasteiger partial charge in [0.05, 0.1) is 11.3 Å². The first kappa shape index (κ1) is 16.3. The van der Waals surface area contributed by atoms with E-state index >= 15 is 0 Å². The first-order valence-corrected chi connectivity index (χ1v) is 8.10. The fraction of sp³-hybridized carbons (Fsp3) is 0.0625. The Morgan fingerprint density at radius 3 is 2.29 bits per heavy atom. The van der Waals surface area contributed by atoms with E-state index in [1.54, 1.807) is 18.2 Å². The molecule has 0 amide bonds. The van der Waals surface area contributed by atoms with Crippen LogP contribution in [0, 0.1) is 0 Å². The minimum atomic E-state index is -4.40. The van der Waals surface area contributed by atoms with Gasteiger partial charge in [0, 0.05) is 5.56 Å². The number of para-hydroxylation sites is 1. The summed E-state index contributed by atoms with van der Waals surface area (Å²) in [6.07, 6.45) is -1.50. The summed E-state index contributed by atoms with van der Waals surface area (Å²) in [5.74, 6) is 0.152. The quantitative estimate of drug-likeness (QED) is 0.824. The summed E-state index contributed by atoms with van der Waals surface area (Å²) < 4.78 is 69.1. The van der Waals surface area contributed by atoms with Crippen LogP contribution in [0.3, 0.4) is 0 Å². The summed E-state index contributed by atoms with van der Waals surface area (Å²) in [7, 11) is -4.09. The summed E-state index contributed by atoms with van der Waals surface area (Å²) in [6.45, 7) is 0. The number of hydrogen-bond donors (Lipinski definition) is 0. The normalized spacial score (nSPS) is 16.4. The minimum Gasteiger partial charge on any atom is -0.365 e. The Labute approximate surface area is 136 Å². The number of allylic oxidation sites excluding steroid dienone is 1. The number of halogens is 3. The van der Waals surface area contributed by atoms with Crippen LogP contribution in [-0.4, -0.2) is 14.1 Å². The molecule has 8 heteroatoms. The molecule has 0 saturated carbocycles. The van der Waals surface area contributed by atoms with Gasteiger partial charge in [-0.15, -0.1) is 4.40 Å². The Morgan fingerprint density at radius 1 is 0.958 bits per heavy atom. The molecule has 0 fully saturated rings. The third-order valence-electron chi connectivity index (χ3n) is 3.24. The van der Waals surface area contributed by atoms with Crippen molar-refractivity contribution >= 4 is 22.1 Å². The van der Waals surface area contributed by atoms with E-state index in [9.17, 15) is 21.6 Å². The van der Waals surface area contributed by atoms with Gasteiger partial charge in [-0.1, -0.05) is 30.3 Å². The van der Waals surface area contributed by atoms with Gasteiger partial charge in [0.1, 0.15) is 0 Å². The van der Waals surface area contributed by atoms with Gasteiger partial charge in [-0.25, -0.2) is 0 Å².